The van der Waals surface area contributed by atoms with E-state index in [1.165, 1.54) is 18.2 Å². The topological polar surface area (TPSA) is 117 Å². The highest BCUT2D eigenvalue weighted by atomic mass is 16.5. The van der Waals surface area contributed by atoms with Gasteiger partial charge in [-0.1, -0.05) is 30.3 Å². The zero-order valence-corrected chi connectivity index (χ0v) is 15.9. The van der Waals surface area contributed by atoms with Crippen molar-refractivity contribution < 1.29 is 19.1 Å². The molecule has 8 heteroatoms. The van der Waals surface area contributed by atoms with Gasteiger partial charge in [0, 0.05) is 48.6 Å². The van der Waals surface area contributed by atoms with E-state index in [9.17, 15) is 14.7 Å². The van der Waals surface area contributed by atoms with Gasteiger partial charge >= 0.3 is 0 Å². The van der Waals surface area contributed by atoms with Crippen molar-refractivity contribution in [3.05, 3.63) is 77.0 Å². The monoisotopic (exact) mass is 405 g/mol. The molecule has 8 nitrogen and oxygen atoms in total. The van der Waals surface area contributed by atoms with Crippen molar-refractivity contribution in [3.63, 3.8) is 0 Å². The van der Waals surface area contributed by atoms with Gasteiger partial charge in [-0.15, -0.1) is 0 Å². The third-order valence-electron chi connectivity index (χ3n) is 4.48. The number of carbonyl (C=O) groups excluding carboxylic acids is 1. The van der Waals surface area contributed by atoms with Crippen molar-refractivity contribution >= 4 is 16.9 Å². The van der Waals surface area contributed by atoms with Crippen molar-refractivity contribution in [3.8, 4) is 22.8 Å². The molecule has 0 aliphatic heterocycles. The predicted octanol–water partition coefficient (Wildman–Crippen LogP) is 2.63. The normalized spacial score (nSPS) is 10.8. The van der Waals surface area contributed by atoms with Gasteiger partial charge in [-0.2, -0.15) is 0 Å². The number of hydrogen-bond donors (Lipinski definition) is 3. The first-order chi connectivity index (χ1) is 14.6. The van der Waals surface area contributed by atoms with E-state index in [1.54, 1.807) is 12.5 Å². The second-order valence-electron chi connectivity index (χ2n) is 6.62. The summed E-state index contributed by atoms with van der Waals surface area (Å²) < 4.78 is 11.3. The predicted molar refractivity (Wildman–Crippen MR) is 110 cm³/mol. The lowest BCUT2D eigenvalue weighted by molar-refractivity contribution is -0.123. The van der Waals surface area contributed by atoms with Gasteiger partial charge in [0.05, 0.1) is 6.33 Å². The van der Waals surface area contributed by atoms with E-state index in [0.717, 1.165) is 11.3 Å². The number of nitrogens with one attached hydrogen (secondary N) is 2. The minimum absolute atomic E-state index is 0.0611. The van der Waals surface area contributed by atoms with Crippen LogP contribution in [0.4, 0.5) is 0 Å². The molecule has 0 fully saturated rings. The van der Waals surface area contributed by atoms with Gasteiger partial charge in [0.2, 0.25) is 0 Å². The van der Waals surface area contributed by atoms with Gasteiger partial charge in [0.15, 0.2) is 12.0 Å². The highest BCUT2D eigenvalue weighted by Gasteiger charge is 2.13. The molecule has 1 amide bonds. The van der Waals surface area contributed by atoms with Crippen LogP contribution in [-0.2, 0) is 11.2 Å². The zero-order chi connectivity index (χ0) is 20.9. The Hall–Kier alpha value is -4.07. The summed E-state index contributed by atoms with van der Waals surface area (Å²) in [5, 5.41) is 13.1. The molecule has 0 atom stereocenters. The van der Waals surface area contributed by atoms with Gasteiger partial charge in [0.1, 0.15) is 28.2 Å². The smallest absolute Gasteiger partial charge is 0.257 e. The van der Waals surface area contributed by atoms with Crippen LogP contribution in [0.3, 0.4) is 0 Å². The Morgan fingerprint density at radius 1 is 1.20 bits per heavy atom. The number of ether oxygens (including phenoxy) is 1. The number of aromatic hydroxyl groups is 1. The van der Waals surface area contributed by atoms with Crippen molar-refractivity contribution in [1.29, 1.82) is 0 Å². The molecular formula is C22H19N3O5. The molecule has 30 heavy (non-hydrogen) atoms. The van der Waals surface area contributed by atoms with E-state index >= 15 is 0 Å². The Morgan fingerprint density at radius 3 is 2.80 bits per heavy atom. The van der Waals surface area contributed by atoms with Crippen LogP contribution in [0.5, 0.6) is 11.5 Å². The molecule has 2 heterocycles. The van der Waals surface area contributed by atoms with Gasteiger partial charge in [0.25, 0.3) is 5.91 Å². The molecule has 0 saturated heterocycles. The number of benzene rings is 2. The minimum atomic E-state index is -0.365. The third-order valence-corrected chi connectivity index (χ3v) is 4.48. The minimum Gasteiger partial charge on any atom is -0.507 e. The molecule has 0 unspecified atom stereocenters. The van der Waals surface area contributed by atoms with Crippen molar-refractivity contribution in [1.82, 2.24) is 15.3 Å². The highest BCUT2D eigenvalue weighted by molar-refractivity contribution is 5.86. The Morgan fingerprint density at radius 2 is 2.03 bits per heavy atom. The number of nitrogens with zero attached hydrogens (tertiary/aromatic N) is 1. The van der Waals surface area contributed by atoms with Crippen LogP contribution in [0.2, 0.25) is 0 Å². The van der Waals surface area contributed by atoms with Gasteiger partial charge in [-0.25, -0.2) is 4.98 Å². The molecule has 4 rings (SSSR count). The number of hydrogen-bond acceptors (Lipinski definition) is 6. The molecular weight excluding hydrogens is 386 g/mol. The van der Waals surface area contributed by atoms with Crippen LogP contribution >= 0.6 is 0 Å². The number of phenols is 1. The average molecular weight is 405 g/mol. The fourth-order valence-electron chi connectivity index (χ4n) is 3.03. The SMILES string of the molecule is O=C(COc1cc(O)c2c(=O)cc(-c3ccccc3)oc2c1)NCCc1cnc[nH]1. The number of phenolic OH excluding ortho intramolecular Hbond substituents is 1. The fourth-order valence-corrected chi connectivity index (χ4v) is 3.03. The summed E-state index contributed by atoms with van der Waals surface area (Å²) in [4.78, 5) is 31.3. The Labute approximate surface area is 171 Å². The Balaban J connectivity index is 1.47. The number of rotatable bonds is 7. The van der Waals surface area contributed by atoms with Crippen LogP contribution in [0.15, 0.2) is 70.3 Å². The lowest BCUT2D eigenvalue weighted by Gasteiger charge is -2.09. The standard InChI is InChI=1S/C22H19N3O5/c26-17-8-16(29-12-21(28)24-7-6-15-11-23-13-25-15)9-20-22(17)18(27)10-19(30-20)14-4-2-1-3-5-14/h1-5,8-11,13,26H,6-7,12H2,(H,23,25)(H,24,28). The summed E-state index contributed by atoms with van der Waals surface area (Å²) in [7, 11) is 0. The number of aromatic nitrogens is 2. The summed E-state index contributed by atoms with van der Waals surface area (Å²) in [6, 6.07) is 13.3. The first-order valence-corrected chi connectivity index (χ1v) is 9.33. The molecule has 4 aromatic rings. The van der Waals surface area contributed by atoms with Crippen LogP contribution in [0.25, 0.3) is 22.3 Å². The van der Waals surface area contributed by atoms with Crippen LogP contribution < -0.4 is 15.5 Å². The largest absolute Gasteiger partial charge is 0.507 e. The van der Waals surface area contributed by atoms with E-state index in [4.69, 9.17) is 9.15 Å². The Kier molecular flexibility index (Phi) is 5.47. The molecule has 2 aromatic carbocycles. The maximum atomic E-state index is 12.5. The first kappa shape index (κ1) is 19.3. The number of aromatic amines is 1. The molecule has 0 bridgehead atoms. The maximum Gasteiger partial charge on any atom is 0.257 e. The quantitative estimate of drug-likeness (QED) is 0.435. The van der Waals surface area contributed by atoms with Crippen molar-refractivity contribution in [2.75, 3.05) is 13.2 Å². The third kappa shape index (κ3) is 4.33. The van der Waals surface area contributed by atoms with Crippen LogP contribution in [0.1, 0.15) is 5.69 Å². The van der Waals surface area contributed by atoms with Gasteiger partial charge in [-0.3, -0.25) is 9.59 Å². The second-order valence-corrected chi connectivity index (χ2v) is 6.62. The van der Waals surface area contributed by atoms with E-state index in [0.29, 0.717) is 18.7 Å². The molecule has 0 spiro atoms. The van der Waals surface area contributed by atoms with Crippen LogP contribution in [0, 0.1) is 0 Å². The summed E-state index contributed by atoms with van der Waals surface area (Å²) in [6.07, 6.45) is 3.89. The summed E-state index contributed by atoms with van der Waals surface area (Å²) in [6.45, 7) is 0.194. The van der Waals surface area contributed by atoms with Crippen LogP contribution in [-0.4, -0.2) is 34.1 Å². The second kappa shape index (κ2) is 8.52. The van der Waals surface area contributed by atoms with Gasteiger partial charge in [-0.05, 0) is 0 Å². The summed E-state index contributed by atoms with van der Waals surface area (Å²) in [5.41, 5.74) is 1.46. The maximum absolute atomic E-state index is 12.5. The molecule has 2 aromatic heterocycles. The molecule has 0 saturated carbocycles. The van der Waals surface area contributed by atoms with Gasteiger partial charge < -0.3 is 24.6 Å². The van der Waals surface area contributed by atoms with Crippen molar-refractivity contribution in [2.45, 2.75) is 6.42 Å². The molecule has 0 aliphatic rings. The lowest BCUT2D eigenvalue weighted by Crippen LogP contribution is -2.30. The molecule has 0 radical (unpaired) electrons. The average Bonchev–Trinajstić information content (AvgIpc) is 3.26. The summed E-state index contributed by atoms with van der Waals surface area (Å²) >= 11 is 0. The number of fused-ring (bicyclic) bond motifs is 1. The number of H-pyrrole nitrogens is 1. The lowest BCUT2D eigenvalue weighted by atomic mass is 10.1. The molecule has 152 valence electrons. The van der Waals surface area contributed by atoms with E-state index in [2.05, 4.69) is 15.3 Å². The van der Waals surface area contributed by atoms with E-state index < -0.39 is 0 Å². The first-order valence-electron chi connectivity index (χ1n) is 9.33. The van der Waals surface area contributed by atoms with Crippen molar-refractivity contribution in [2.24, 2.45) is 0 Å². The van der Waals surface area contributed by atoms with E-state index in [1.807, 2.05) is 30.3 Å². The fraction of sp³-hybridized carbons (Fsp3) is 0.136. The Bertz CT molecular complexity index is 1220. The zero-order valence-electron chi connectivity index (χ0n) is 15.9. The number of imidazole rings is 1. The van der Waals surface area contributed by atoms with E-state index in [-0.39, 0.29) is 40.4 Å². The molecule has 0 aliphatic carbocycles. The summed E-state index contributed by atoms with van der Waals surface area (Å²) in [5.74, 6) is 0.0161. The number of carbonyl (C=O) groups is 1. The molecule has 3 N–H and O–H groups in total. The highest BCUT2D eigenvalue weighted by Crippen LogP contribution is 2.31. The number of amides is 1.